The molecule has 6 heteroatoms. The number of phenols is 1. The molecule has 0 heterocycles. The second-order valence-electron chi connectivity index (χ2n) is 4.97. The fourth-order valence-corrected chi connectivity index (χ4v) is 1.88. The number of hydrogen-bond donors (Lipinski definition) is 2. The maximum Gasteiger partial charge on any atom is 0.277 e. The highest BCUT2D eigenvalue weighted by Gasteiger charge is 2.08. The minimum atomic E-state index is -0.537. The maximum absolute atomic E-state index is 13.3. The van der Waals surface area contributed by atoms with Gasteiger partial charge in [0.25, 0.3) is 5.91 Å². The van der Waals surface area contributed by atoms with Crippen molar-refractivity contribution >= 4 is 11.6 Å². The van der Waals surface area contributed by atoms with Crippen LogP contribution in [0.2, 0.25) is 0 Å². The van der Waals surface area contributed by atoms with Gasteiger partial charge in [-0.25, -0.2) is 9.82 Å². The summed E-state index contributed by atoms with van der Waals surface area (Å²) in [7, 11) is 0. The molecule has 5 nitrogen and oxygen atoms in total. The maximum atomic E-state index is 13.3. The van der Waals surface area contributed by atoms with Crippen LogP contribution < -0.4 is 10.2 Å². The molecule has 0 saturated heterocycles. The molecule has 0 spiro atoms. The van der Waals surface area contributed by atoms with E-state index in [1.54, 1.807) is 31.2 Å². The van der Waals surface area contributed by atoms with Gasteiger partial charge in [0.05, 0.1) is 5.71 Å². The molecule has 0 aromatic heterocycles. The van der Waals surface area contributed by atoms with Gasteiger partial charge < -0.3 is 9.84 Å². The Kier molecular flexibility index (Phi) is 5.30. The van der Waals surface area contributed by atoms with Crippen LogP contribution in [0, 0.1) is 12.7 Å². The standard InChI is InChI=1S/C17H17FN2O3/c1-11-7-8-15(21)13(9-11)12(2)19-20-17(22)10-23-16-6-4-3-5-14(16)18/h3-9,21H,10H2,1-2H3,(H,20,22)/b19-12+. The molecule has 2 N–H and O–H groups in total. The third-order valence-corrected chi connectivity index (χ3v) is 3.09. The average Bonchev–Trinajstić information content (AvgIpc) is 2.54. The molecule has 120 valence electrons. The number of amides is 1. The summed E-state index contributed by atoms with van der Waals surface area (Å²) in [5.41, 5.74) is 4.25. The first-order valence-corrected chi connectivity index (χ1v) is 6.98. The smallest absolute Gasteiger partial charge is 0.277 e. The Balaban J connectivity index is 1.95. The van der Waals surface area contributed by atoms with Crippen LogP contribution in [0.1, 0.15) is 18.1 Å². The SMILES string of the molecule is C/C(=N\NC(=O)COc1ccccc1F)c1cc(C)ccc1O. The van der Waals surface area contributed by atoms with Crippen LogP contribution in [0.4, 0.5) is 4.39 Å². The fraction of sp³-hybridized carbons (Fsp3) is 0.176. The van der Waals surface area contributed by atoms with E-state index in [1.807, 2.05) is 6.92 Å². The number of nitrogens with one attached hydrogen (secondary N) is 1. The minimum absolute atomic E-state index is 0.000296. The van der Waals surface area contributed by atoms with Crippen molar-refractivity contribution < 1.29 is 19.0 Å². The predicted octanol–water partition coefficient (Wildman–Crippen LogP) is 2.76. The highest BCUT2D eigenvalue weighted by Crippen LogP contribution is 2.19. The number of nitrogens with zero attached hydrogens (tertiary/aromatic N) is 1. The first kappa shape index (κ1) is 16.5. The van der Waals surface area contributed by atoms with Crippen molar-refractivity contribution in [3.8, 4) is 11.5 Å². The number of hydrogen-bond acceptors (Lipinski definition) is 4. The molecule has 0 aliphatic carbocycles. The summed E-state index contributed by atoms with van der Waals surface area (Å²) in [6.07, 6.45) is 0. The Morgan fingerprint density at radius 2 is 2.04 bits per heavy atom. The van der Waals surface area contributed by atoms with Gasteiger partial charge in [-0.3, -0.25) is 4.79 Å². The van der Waals surface area contributed by atoms with E-state index < -0.39 is 11.7 Å². The highest BCUT2D eigenvalue weighted by molar-refractivity contribution is 6.01. The Hall–Kier alpha value is -2.89. The molecule has 2 aromatic carbocycles. The van der Waals surface area contributed by atoms with E-state index >= 15 is 0 Å². The molecule has 0 atom stereocenters. The van der Waals surface area contributed by atoms with Gasteiger partial charge in [0, 0.05) is 5.56 Å². The van der Waals surface area contributed by atoms with Crippen molar-refractivity contribution in [2.45, 2.75) is 13.8 Å². The summed E-state index contributed by atoms with van der Waals surface area (Å²) in [4.78, 5) is 11.7. The van der Waals surface area contributed by atoms with Crippen molar-refractivity contribution in [1.29, 1.82) is 0 Å². The summed E-state index contributed by atoms with van der Waals surface area (Å²) in [5.74, 6) is -0.988. The van der Waals surface area contributed by atoms with Gasteiger partial charge in [-0.15, -0.1) is 0 Å². The Bertz CT molecular complexity index is 744. The predicted molar refractivity (Wildman–Crippen MR) is 85.1 cm³/mol. The Labute approximate surface area is 133 Å². The number of carbonyl (C=O) groups excluding carboxylic acids is 1. The largest absolute Gasteiger partial charge is 0.507 e. The molecule has 0 aliphatic rings. The van der Waals surface area contributed by atoms with Crippen LogP contribution in [0.5, 0.6) is 11.5 Å². The third kappa shape index (κ3) is 4.54. The number of ether oxygens (including phenoxy) is 1. The summed E-state index contributed by atoms with van der Waals surface area (Å²) in [6, 6.07) is 10.9. The first-order chi connectivity index (χ1) is 11.0. The molecule has 2 aromatic rings. The number of aromatic hydroxyl groups is 1. The van der Waals surface area contributed by atoms with Gasteiger partial charge >= 0.3 is 0 Å². The van der Waals surface area contributed by atoms with Crippen LogP contribution in [0.3, 0.4) is 0 Å². The van der Waals surface area contributed by atoms with Gasteiger partial charge in [0.2, 0.25) is 0 Å². The zero-order valence-electron chi connectivity index (χ0n) is 12.8. The lowest BCUT2D eigenvalue weighted by Crippen LogP contribution is -2.25. The van der Waals surface area contributed by atoms with Crippen LogP contribution >= 0.6 is 0 Å². The number of phenolic OH excluding ortho intramolecular Hbond substituents is 1. The molecule has 23 heavy (non-hydrogen) atoms. The number of hydrazone groups is 1. The number of halogens is 1. The van der Waals surface area contributed by atoms with Crippen molar-refractivity contribution in [1.82, 2.24) is 5.43 Å². The number of rotatable bonds is 5. The second-order valence-corrected chi connectivity index (χ2v) is 4.97. The Morgan fingerprint density at radius 3 is 2.78 bits per heavy atom. The molecule has 0 aliphatic heterocycles. The highest BCUT2D eigenvalue weighted by atomic mass is 19.1. The number of para-hydroxylation sites is 1. The lowest BCUT2D eigenvalue weighted by molar-refractivity contribution is -0.123. The number of benzene rings is 2. The Morgan fingerprint density at radius 1 is 1.30 bits per heavy atom. The normalized spacial score (nSPS) is 11.2. The molecule has 0 fully saturated rings. The van der Waals surface area contributed by atoms with E-state index in [1.165, 1.54) is 18.2 Å². The fourth-order valence-electron chi connectivity index (χ4n) is 1.88. The van der Waals surface area contributed by atoms with Crippen LogP contribution in [0.25, 0.3) is 0 Å². The van der Waals surface area contributed by atoms with Gasteiger partial charge in [-0.2, -0.15) is 5.10 Å². The third-order valence-electron chi connectivity index (χ3n) is 3.09. The van der Waals surface area contributed by atoms with Crippen molar-refractivity contribution in [2.24, 2.45) is 5.10 Å². The molecule has 2 rings (SSSR count). The lowest BCUT2D eigenvalue weighted by Gasteiger charge is -2.07. The number of aryl methyl sites for hydroxylation is 1. The molecular formula is C17H17FN2O3. The van der Waals surface area contributed by atoms with Gasteiger partial charge in [-0.1, -0.05) is 23.8 Å². The van der Waals surface area contributed by atoms with E-state index in [-0.39, 0.29) is 18.1 Å². The van der Waals surface area contributed by atoms with E-state index in [0.29, 0.717) is 11.3 Å². The molecule has 0 bridgehead atoms. The van der Waals surface area contributed by atoms with Crippen molar-refractivity contribution in [3.63, 3.8) is 0 Å². The van der Waals surface area contributed by atoms with Gasteiger partial charge in [-0.05, 0) is 38.1 Å². The molecule has 0 radical (unpaired) electrons. The quantitative estimate of drug-likeness (QED) is 0.658. The monoisotopic (exact) mass is 316 g/mol. The molecule has 0 unspecified atom stereocenters. The van der Waals surface area contributed by atoms with E-state index in [9.17, 15) is 14.3 Å². The zero-order chi connectivity index (χ0) is 16.8. The van der Waals surface area contributed by atoms with E-state index in [0.717, 1.165) is 5.56 Å². The summed E-state index contributed by atoms with van der Waals surface area (Å²) >= 11 is 0. The van der Waals surface area contributed by atoms with Gasteiger partial charge in [0.1, 0.15) is 5.75 Å². The van der Waals surface area contributed by atoms with E-state index in [4.69, 9.17) is 4.74 Å². The molecule has 0 saturated carbocycles. The lowest BCUT2D eigenvalue weighted by atomic mass is 10.1. The average molecular weight is 316 g/mol. The zero-order valence-corrected chi connectivity index (χ0v) is 12.8. The van der Waals surface area contributed by atoms with Gasteiger partial charge in [0.15, 0.2) is 18.2 Å². The minimum Gasteiger partial charge on any atom is -0.507 e. The first-order valence-electron chi connectivity index (χ1n) is 6.98. The topological polar surface area (TPSA) is 70.9 Å². The van der Waals surface area contributed by atoms with Crippen LogP contribution in [0.15, 0.2) is 47.6 Å². The molecular weight excluding hydrogens is 299 g/mol. The van der Waals surface area contributed by atoms with Crippen molar-refractivity contribution in [2.75, 3.05) is 6.61 Å². The summed E-state index contributed by atoms with van der Waals surface area (Å²) in [5, 5.41) is 13.7. The van der Waals surface area contributed by atoms with E-state index in [2.05, 4.69) is 10.5 Å². The van der Waals surface area contributed by atoms with Crippen LogP contribution in [-0.2, 0) is 4.79 Å². The summed E-state index contributed by atoms with van der Waals surface area (Å²) in [6.45, 7) is 3.18. The molecule has 1 amide bonds. The number of carbonyl (C=O) groups is 1. The summed E-state index contributed by atoms with van der Waals surface area (Å²) < 4.78 is 18.4. The van der Waals surface area contributed by atoms with Crippen LogP contribution in [-0.4, -0.2) is 23.3 Å². The second kappa shape index (κ2) is 7.40. The van der Waals surface area contributed by atoms with Crippen molar-refractivity contribution in [3.05, 3.63) is 59.4 Å².